The zero-order valence-electron chi connectivity index (χ0n) is 8.02. The third kappa shape index (κ3) is 2.27. The van der Waals surface area contributed by atoms with Gasteiger partial charge in [-0.2, -0.15) is 0 Å². The first-order chi connectivity index (χ1) is 7.66. The number of hydrogen-bond acceptors (Lipinski definition) is 4. The molecule has 1 aromatic heterocycles. The number of anilines is 1. The second-order valence-electron chi connectivity index (χ2n) is 2.94. The van der Waals surface area contributed by atoms with E-state index in [4.69, 9.17) is 10.5 Å². The molecular formula is C10H7BrFN3O. The Morgan fingerprint density at radius 1 is 1.25 bits per heavy atom. The van der Waals surface area contributed by atoms with Gasteiger partial charge >= 0.3 is 6.01 Å². The molecule has 2 N–H and O–H groups in total. The molecule has 4 nitrogen and oxygen atoms in total. The standard InChI is InChI=1S/C10H7BrFN3O/c11-6-4-8(13)9(5-7(6)12)16-10-14-2-1-3-15-10/h1-5H,13H2. The fourth-order valence-corrected chi connectivity index (χ4v) is 1.43. The molecular weight excluding hydrogens is 277 g/mol. The second kappa shape index (κ2) is 4.44. The second-order valence-corrected chi connectivity index (χ2v) is 3.79. The molecule has 16 heavy (non-hydrogen) atoms. The van der Waals surface area contributed by atoms with Gasteiger partial charge in [0.05, 0.1) is 10.2 Å². The van der Waals surface area contributed by atoms with Crippen LogP contribution in [-0.4, -0.2) is 9.97 Å². The molecule has 1 aromatic carbocycles. The zero-order valence-corrected chi connectivity index (χ0v) is 9.61. The Morgan fingerprint density at radius 3 is 2.62 bits per heavy atom. The summed E-state index contributed by atoms with van der Waals surface area (Å²) in [6, 6.07) is 4.37. The van der Waals surface area contributed by atoms with E-state index in [1.807, 2.05) is 0 Å². The van der Waals surface area contributed by atoms with Crippen LogP contribution in [0.4, 0.5) is 10.1 Å². The van der Waals surface area contributed by atoms with Crippen molar-refractivity contribution in [1.29, 1.82) is 0 Å². The van der Waals surface area contributed by atoms with E-state index in [2.05, 4.69) is 25.9 Å². The van der Waals surface area contributed by atoms with Crippen LogP contribution >= 0.6 is 15.9 Å². The third-order valence-corrected chi connectivity index (χ3v) is 2.40. The lowest BCUT2D eigenvalue weighted by Crippen LogP contribution is -1.96. The number of ether oxygens (including phenoxy) is 1. The molecule has 0 bridgehead atoms. The largest absolute Gasteiger partial charge is 0.422 e. The number of nitrogens with zero attached hydrogens (tertiary/aromatic N) is 2. The summed E-state index contributed by atoms with van der Waals surface area (Å²) in [5.41, 5.74) is 5.97. The lowest BCUT2D eigenvalue weighted by atomic mass is 10.3. The summed E-state index contributed by atoms with van der Waals surface area (Å²) in [5, 5.41) is 0. The highest BCUT2D eigenvalue weighted by molar-refractivity contribution is 9.10. The molecule has 0 aliphatic carbocycles. The molecule has 0 amide bonds. The van der Waals surface area contributed by atoms with Crippen LogP contribution in [0.3, 0.4) is 0 Å². The minimum absolute atomic E-state index is 0.121. The molecule has 0 atom stereocenters. The minimum Gasteiger partial charge on any atom is -0.422 e. The molecule has 6 heteroatoms. The summed E-state index contributed by atoms with van der Waals surface area (Å²) in [5.74, 6) is -0.271. The molecule has 2 rings (SSSR count). The van der Waals surface area contributed by atoms with Gasteiger partial charge < -0.3 is 10.5 Å². The fourth-order valence-electron chi connectivity index (χ4n) is 1.07. The van der Waals surface area contributed by atoms with E-state index in [9.17, 15) is 4.39 Å². The van der Waals surface area contributed by atoms with Crippen LogP contribution in [0, 0.1) is 5.82 Å². The fraction of sp³-hybridized carbons (Fsp3) is 0. The number of nitrogen functional groups attached to an aromatic ring is 1. The first-order valence-corrected chi connectivity index (χ1v) is 5.15. The Bertz CT molecular complexity index is 507. The lowest BCUT2D eigenvalue weighted by molar-refractivity contribution is 0.439. The number of aromatic nitrogens is 2. The van der Waals surface area contributed by atoms with Crippen molar-refractivity contribution in [3.63, 3.8) is 0 Å². The van der Waals surface area contributed by atoms with Crippen LogP contribution < -0.4 is 10.5 Å². The Morgan fingerprint density at radius 2 is 1.94 bits per heavy atom. The van der Waals surface area contributed by atoms with Gasteiger partial charge in [-0.1, -0.05) is 0 Å². The maximum atomic E-state index is 13.2. The quantitative estimate of drug-likeness (QED) is 0.861. The van der Waals surface area contributed by atoms with Crippen molar-refractivity contribution in [3.8, 4) is 11.8 Å². The predicted molar refractivity (Wildman–Crippen MR) is 60.6 cm³/mol. The molecule has 0 aliphatic rings. The van der Waals surface area contributed by atoms with Gasteiger partial charge in [0.15, 0.2) is 5.75 Å². The molecule has 0 saturated carbocycles. The van der Waals surface area contributed by atoms with Crippen molar-refractivity contribution in [2.75, 3.05) is 5.73 Å². The Labute approximate surface area is 99.4 Å². The van der Waals surface area contributed by atoms with Crippen LogP contribution in [-0.2, 0) is 0 Å². The van der Waals surface area contributed by atoms with Gasteiger partial charge in [0.2, 0.25) is 0 Å². The number of halogens is 2. The van der Waals surface area contributed by atoms with Crippen LogP contribution in [0.15, 0.2) is 35.1 Å². The van der Waals surface area contributed by atoms with E-state index >= 15 is 0 Å². The smallest absolute Gasteiger partial charge is 0.321 e. The van der Waals surface area contributed by atoms with Crippen molar-refractivity contribution in [3.05, 3.63) is 40.9 Å². The van der Waals surface area contributed by atoms with Crippen LogP contribution in [0.1, 0.15) is 0 Å². The number of benzene rings is 1. The van der Waals surface area contributed by atoms with Crippen molar-refractivity contribution in [2.45, 2.75) is 0 Å². The molecule has 0 fully saturated rings. The Hall–Kier alpha value is -1.69. The first kappa shape index (κ1) is 10.8. The molecule has 0 radical (unpaired) electrons. The van der Waals surface area contributed by atoms with Crippen LogP contribution in [0.2, 0.25) is 0 Å². The topological polar surface area (TPSA) is 61.0 Å². The van der Waals surface area contributed by atoms with Crippen molar-refractivity contribution < 1.29 is 9.13 Å². The maximum absolute atomic E-state index is 13.2. The maximum Gasteiger partial charge on any atom is 0.321 e. The van der Waals surface area contributed by atoms with E-state index in [0.29, 0.717) is 5.69 Å². The Balaban J connectivity index is 2.32. The normalized spacial score (nSPS) is 10.1. The van der Waals surface area contributed by atoms with E-state index < -0.39 is 5.82 Å². The van der Waals surface area contributed by atoms with Gasteiger partial charge in [-0.05, 0) is 28.1 Å². The number of hydrogen-bond donors (Lipinski definition) is 1. The minimum atomic E-state index is -0.458. The number of nitrogens with two attached hydrogens (primary N) is 1. The molecule has 0 spiro atoms. The molecule has 2 aromatic rings. The SMILES string of the molecule is Nc1cc(Br)c(F)cc1Oc1ncccn1. The molecule has 0 unspecified atom stereocenters. The van der Waals surface area contributed by atoms with E-state index in [-0.39, 0.29) is 16.2 Å². The van der Waals surface area contributed by atoms with E-state index in [0.717, 1.165) is 0 Å². The molecule has 82 valence electrons. The van der Waals surface area contributed by atoms with Gasteiger partial charge in [0, 0.05) is 18.5 Å². The monoisotopic (exact) mass is 283 g/mol. The van der Waals surface area contributed by atoms with Gasteiger partial charge in [-0.15, -0.1) is 0 Å². The predicted octanol–water partition coefficient (Wildman–Crippen LogP) is 2.75. The summed E-state index contributed by atoms with van der Waals surface area (Å²) < 4.78 is 18.8. The highest BCUT2D eigenvalue weighted by Crippen LogP contribution is 2.30. The van der Waals surface area contributed by atoms with Gasteiger partial charge in [0.1, 0.15) is 5.82 Å². The Kier molecular flexibility index (Phi) is 3.00. The third-order valence-electron chi connectivity index (χ3n) is 1.80. The molecule has 0 aliphatic heterocycles. The van der Waals surface area contributed by atoms with Crippen LogP contribution in [0.25, 0.3) is 0 Å². The van der Waals surface area contributed by atoms with Gasteiger partial charge in [-0.3, -0.25) is 0 Å². The van der Waals surface area contributed by atoms with Crippen molar-refractivity contribution >= 4 is 21.6 Å². The lowest BCUT2D eigenvalue weighted by Gasteiger charge is -2.07. The van der Waals surface area contributed by atoms with E-state index in [1.54, 1.807) is 6.07 Å². The zero-order chi connectivity index (χ0) is 11.5. The molecule has 0 saturated heterocycles. The summed E-state index contributed by atoms with van der Waals surface area (Å²) >= 11 is 3.02. The van der Waals surface area contributed by atoms with Crippen molar-refractivity contribution in [1.82, 2.24) is 9.97 Å². The first-order valence-electron chi connectivity index (χ1n) is 4.36. The number of rotatable bonds is 2. The van der Waals surface area contributed by atoms with Crippen LogP contribution in [0.5, 0.6) is 11.8 Å². The van der Waals surface area contributed by atoms with Gasteiger partial charge in [-0.25, -0.2) is 14.4 Å². The summed E-state index contributed by atoms with van der Waals surface area (Å²) in [4.78, 5) is 7.69. The average molecular weight is 284 g/mol. The van der Waals surface area contributed by atoms with E-state index in [1.165, 1.54) is 24.5 Å². The summed E-state index contributed by atoms with van der Waals surface area (Å²) in [6.07, 6.45) is 3.04. The van der Waals surface area contributed by atoms with Gasteiger partial charge in [0.25, 0.3) is 0 Å². The van der Waals surface area contributed by atoms with Crippen molar-refractivity contribution in [2.24, 2.45) is 0 Å². The highest BCUT2D eigenvalue weighted by Gasteiger charge is 2.08. The average Bonchev–Trinajstić information content (AvgIpc) is 2.27. The summed E-state index contributed by atoms with van der Waals surface area (Å²) in [7, 11) is 0. The summed E-state index contributed by atoms with van der Waals surface area (Å²) in [6.45, 7) is 0. The molecule has 1 heterocycles. The highest BCUT2D eigenvalue weighted by atomic mass is 79.9.